The number of ether oxygens (including phenoxy) is 6. The van der Waals surface area contributed by atoms with E-state index in [1.54, 1.807) is 14.1 Å². The number of esters is 3. The van der Waals surface area contributed by atoms with Gasteiger partial charge in [0.05, 0.1) is 13.1 Å². The lowest BCUT2D eigenvalue weighted by Gasteiger charge is -2.19. The lowest BCUT2D eigenvalue weighted by molar-refractivity contribution is -0.144. The number of hydrazine groups is 3. The predicted octanol–water partition coefficient (Wildman–Crippen LogP) is 16.6. The molecular formula is C101H97Cl2N11O15. The van der Waals surface area contributed by atoms with Gasteiger partial charge in [0.25, 0.3) is 0 Å². The molecule has 0 fully saturated rings. The Hall–Kier alpha value is -14.4. The van der Waals surface area contributed by atoms with Gasteiger partial charge < -0.3 is 48.8 Å². The highest BCUT2D eigenvalue weighted by molar-refractivity contribution is 6.63. The van der Waals surface area contributed by atoms with Crippen molar-refractivity contribution < 1.29 is 66.4 Å². The van der Waals surface area contributed by atoms with E-state index in [-0.39, 0.29) is 86.4 Å². The Morgan fingerprint density at radius 3 is 0.853 bits per heavy atom. The first-order chi connectivity index (χ1) is 62.7. The number of H-pyrrole nitrogens is 1. The van der Waals surface area contributed by atoms with Crippen LogP contribution in [0.5, 0.6) is 6.08 Å². The Bertz CT molecular complexity index is 5950. The number of likely N-dealkylation sites (N-methyl/N-ethyl adjacent to an activating group) is 2. The largest absolute Gasteiger partial charge is 0.464 e. The molecule has 660 valence electrons. The molecule has 0 atom stereocenters. The zero-order valence-corrected chi connectivity index (χ0v) is 73.0. The molecule has 10 N–H and O–H groups in total. The van der Waals surface area contributed by atoms with Gasteiger partial charge in [0.1, 0.15) is 46.2 Å². The summed E-state index contributed by atoms with van der Waals surface area (Å²) in [6.07, 6.45) is -1.21. The van der Waals surface area contributed by atoms with Crippen molar-refractivity contribution in [2.24, 2.45) is 17.4 Å². The van der Waals surface area contributed by atoms with Gasteiger partial charge in [-0.15, -0.1) is 0 Å². The number of nitrogens with one attached hydrogen (secondary N) is 4. The minimum Gasteiger partial charge on any atom is -0.464 e. The second-order valence-corrected chi connectivity index (χ2v) is 31.1. The highest BCUT2D eigenvalue weighted by Crippen LogP contribution is 2.50. The van der Waals surface area contributed by atoms with Crippen LogP contribution in [0.3, 0.4) is 0 Å². The number of rotatable bonds is 18. The van der Waals surface area contributed by atoms with Crippen molar-refractivity contribution in [2.45, 2.75) is 35.5 Å². The number of nitrogens with zero attached hydrogens (tertiary/aromatic N) is 4. The highest BCUT2D eigenvalue weighted by Gasteiger charge is 2.36. The molecule has 1 heterocycles. The summed E-state index contributed by atoms with van der Waals surface area (Å²) in [5.41, 5.74) is 38.5. The molecule has 0 saturated heterocycles. The number of aromatic amines is 1. The van der Waals surface area contributed by atoms with Crippen molar-refractivity contribution >= 4 is 64.0 Å². The van der Waals surface area contributed by atoms with Crippen LogP contribution in [0.15, 0.2) is 300 Å². The zero-order chi connectivity index (χ0) is 91.0. The van der Waals surface area contributed by atoms with Gasteiger partial charge in [-0.2, -0.15) is 0 Å². The number of halogens is 2. The van der Waals surface area contributed by atoms with E-state index < -0.39 is 34.6 Å². The summed E-state index contributed by atoms with van der Waals surface area (Å²) in [5.74, 6) is 8.75. The second-order valence-electron chi connectivity index (χ2n) is 30.4. The number of carbonyl (C=O) groups is 7. The molecule has 0 unspecified atom stereocenters. The van der Waals surface area contributed by atoms with Crippen molar-refractivity contribution in [1.82, 2.24) is 41.3 Å². The lowest BCUT2D eigenvalue weighted by atomic mass is 9.98. The van der Waals surface area contributed by atoms with E-state index in [0.717, 1.165) is 48.3 Å². The maximum atomic E-state index is 11.9. The van der Waals surface area contributed by atoms with Crippen molar-refractivity contribution in [2.75, 3.05) is 94.5 Å². The Morgan fingerprint density at radius 1 is 0.380 bits per heavy atom. The summed E-state index contributed by atoms with van der Waals surface area (Å²) in [4.78, 5) is 91.8. The molecule has 6 aliphatic rings. The molecule has 0 saturated carbocycles. The maximum absolute atomic E-state index is 11.9. The molecule has 4 amide bonds. The van der Waals surface area contributed by atoms with Crippen LogP contribution in [0.1, 0.15) is 102 Å². The fourth-order valence-electron chi connectivity index (χ4n) is 16.8. The smallest absolute Gasteiger partial charge is 0.436 e. The molecule has 26 nitrogen and oxygen atoms in total. The van der Waals surface area contributed by atoms with Crippen LogP contribution < -0.4 is 44.1 Å². The van der Waals surface area contributed by atoms with Crippen LogP contribution in [-0.4, -0.2) is 160 Å². The van der Waals surface area contributed by atoms with Crippen LogP contribution >= 0.6 is 23.2 Å². The molecule has 28 heteroatoms. The number of amides is 4. The first-order valence-electron chi connectivity index (χ1n) is 41.6. The predicted molar refractivity (Wildman–Crippen MR) is 495 cm³/mol. The summed E-state index contributed by atoms with van der Waals surface area (Å²) in [5, 5.41) is 9.00. The minimum atomic E-state index is -0.846. The van der Waals surface area contributed by atoms with Crippen LogP contribution in [-0.2, 0) is 38.1 Å². The SMILES string of the molecule is CN(CC(=O)OCC1c2ccccc2-c2ccccc21)C(=O)Cl.CN(N)C(=O)OCC1c2ccccc2-c2ccccc21.CN(NC(=O)Cl)C(=O)OCC1c2ccccc2-c2ccccc21.CNCC(=O)OCC1c2ccccc2-c2ccccc21.CNN.NCC(=O)OCC1c2ccccc2-c2ccccc21.O=c1[nH]nc(OCC2c3ccccc3-c3ccccc32)o1. The second kappa shape index (κ2) is 44.2. The van der Waals surface area contributed by atoms with Gasteiger partial charge in [-0.05, 0) is 171 Å². The van der Waals surface area contributed by atoms with Gasteiger partial charge in [0.15, 0.2) is 0 Å². The Balaban J connectivity index is 0.000000131. The fourth-order valence-corrected chi connectivity index (χ4v) is 17.0. The van der Waals surface area contributed by atoms with Crippen molar-refractivity contribution in [3.63, 3.8) is 0 Å². The Kier molecular flexibility index (Phi) is 31.6. The summed E-state index contributed by atoms with van der Waals surface area (Å²) in [6.45, 7) is 1.88. The van der Waals surface area contributed by atoms with E-state index in [0.29, 0.717) is 26.4 Å². The Morgan fingerprint density at radius 2 is 0.620 bits per heavy atom. The van der Waals surface area contributed by atoms with Gasteiger partial charge in [0.2, 0.25) is 0 Å². The molecular weight excluding hydrogens is 1680 g/mol. The highest BCUT2D eigenvalue weighted by atomic mass is 35.5. The number of hydrogen-bond acceptors (Lipinski definition) is 21. The number of benzene rings is 12. The molecule has 129 heavy (non-hydrogen) atoms. The van der Waals surface area contributed by atoms with E-state index in [1.807, 2.05) is 158 Å². The average molecular weight is 1780 g/mol. The lowest BCUT2D eigenvalue weighted by Crippen LogP contribution is -2.41. The number of fused-ring (bicyclic) bond motifs is 18. The summed E-state index contributed by atoms with van der Waals surface area (Å²) in [6, 6.07) is 98.5. The quantitative estimate of drug-likeness (QED) is 0.00798. The fraction of sp³-hybridized carbons (Fsp3) is 0.198. The van der Waals surface area contributed by atoms with Crippen LogP contribution in [0.4, 0.5) is 19.2 Å². The number of aromatic nitrogens is 2. The van der Waals surface area contributed by atoms with E-state index in [2.05, 4.69) is 166 Å². The van der Waals surface area contributed by atoms with Crippen LogP contribution in [0.2, 0.25) is 0 Å². The van der Waals surface area contributed by atoms with Crippen molar-refractivity contribution in [1.29, 1.82) is 0 Å². The number of carbonyl (C=O) groups excluding carboxylic acids is 7. The maximum Gasteiger partial charge on any atom is 0.436 e. The van der Waals surface area contributed by atoms with Gasteiger partial charge in [-0.25, -0.2) is 40.8 Å². The summed E-state index contributed by atoms with van der Waals surface area (Å²) in [7, 11) is 7.69. The van der Waals surface area contributed by atoms with Crippen LogP contribution in [0, 0.1) is 0 Å². The van der Waals surface area contributed by atoms with E-state index in [1.165, 1.54) is 121 Å². The molecule has 0 radical (unpaired) electrons. The van der Waals surface area contributed by atoms with Gasteiger partial charge in [-0.3, -0.25) is 35.2 Å². The average Bonchev–Trinajstić information content (AvgIpc) is 1.65. The standard InChI is InChI=1S/C18H16ClNO3.C17H15ClN2O3.C17H17NO2.C16H12N2O3.C16H16N2O2.C16H15NO2.CH6N2/c1-20(18(19)22)10-17(21)23-11-16-14-8-4-2-6-12(14)13-7-3-5-9-15(13)16;1-20(19-16(18)21)17(22)23-10-15-13-8-4-2-6-11(13)12-7-3-5-9-14(12)15;1-18-10-17(19)20-11-16-14-8-4-2-6-12(14)13-7-3-5-9-15(13)16;19-15-17-18-16(21-15)20-9-14-12-7-3-1-5-10(12)11-6-2-4-8-13(11)14;1-18(17)16(19)20-10-15-13-8-4-2-6-11(13)12-7-3-5-9-14(12)15;17-9-16(18)19-10-15-13-7-3-1-5-11(13)12-6-2-4-8-14(12)15;1-3-2/h2-9,16H,10-11H2,1H3;2-9,15H,10H2,1H3,(H,19,21);2-9,16,18H,10-11H2,1H3;1-8,14H,9H2,(H,17,19);2-9,15H,10,17H2,1H3;1-8,15H,9-10,17H2;3H,2H2,1H3. The third-order valence-electron chi connectivity index (χ3n) is 22.5. The van der Waals surface area contributed by atoms with Gasteiger partial charge in [0, 0.05) is 56.7 Å². The molecule has 19 rings (SSSR count). The molecule has 13 aromatic rings. The third kappa shape index (κ3) is 22.0. The normalized spacial score (nSPS) is 12.5. The summed E-state index contributed by atoms with van der Waals surface area (Å²) >= 11 is 10.5. The van der Waals surface area contributed by atoms with Gasteiger partial charge in [-0.1, -0.05) is 296 Å². The first kappa shape index (κ1) is 92.3. The third-order valence-corrected chi connectivity index (χ3v) is 22.9. The molecule has 0 spiro atoms. The molecule has 1 aromatic heterocycles. The topological polar surface area (TPSA) is 358 Å². The molecule has 0 aliphatic heterocycles. The van der Waals surface area contributed by atoms with E-state index in [9.17, 15) is 38.4 Å². The van der Waals surface area contributed by atoms with Gasteiger partial charge >= 0.3 is 52.7 Å². The van der Waals surface area contributed by atoms with Crippen LogP contribution in [0.25, 0.3) is 66.8 Å². The number of nitrogens with two attached hydrogens (primary N) is 3. The zero-order valence-electron chi connectivity index (χ0n) is 71.4. The monoisotopic (exact) mass is 1770 g/mol. The molecule has 0 bridgehead atoms. The minimum absolute atomic E-state index is 0.0170. The summed E-state index contributed by atoms with van der Waals surface area (Å²) < 4.78 is 36.8. The number of hydrogen-bond donors (Lipinski definition) is 7. The van der Waals surface area contributed by atoms with E-state index in [4.69, 9.17) is 67.6 Å². The molecule has 12 aromatic carbocycles. The Labute approximate surface area is 756 Å². The van der Waals surface area contributed by atoms with E-state index >= 15 is 0 Å². The first-order valence-corrected chi connectivity index (χ1v) is 42.3. The van der Waals surface area contributed by atoms with Crippen molar-refractivity contribution in [3.8, 4) is 72.8 Å². The van der Waals surface area contributed by atoms with Crippen molar-refractivity contribution in [3.05, 3.63) is 368 Å². The molecule has 6 aliphatic carbocycles.